The molecule has 1 aliphatic heterocycles. The molecule has 0 saturated carbocycles. The van der Waals surface area contributed by atoms with E-state index in [0.29, 0.717) is 13.2 Å². The summed E-state index contributed by atoms with van der Waals surface area (Å²) in [5.41, 5.74) is 3.22. The van der Waals surface area contributed by atoms with Crippen molar-refractivity contribution in [3.8, 4) is 5.75 Å². The molecule has 29 heavy (non-hydrogen) atoms. The lowest BCUT2D eigenvalue weighted by Gasteiger charge is -2.37. The van der Waals surface area contributed by atoms with Crippen molar-refractivity contribution in [2.24, 2.45) is 7.05 Å². The lowest BCUT2D eigenvalue weighted by Crippen LogP contribution is -2.37. The Hall–Kier alpha value is -2.63. The molecule has 0 N–H and O–H groups in total. The second-order valence-corrected chi connectivity index (χ2v) is 7.77. The number of ether oxygens (including phenoxy) is 3. The van der Waals surface area contributed by atoms with Crippen molar-refractivity contribution in [2.45, 2.75) is 24.9 Å². The molecule has 2 aromatic carbocycles. The number of aryl methyl sites for hydroxylation is 1. The van der Waals surface area contributed by atoms with Crippen LogP contribution in [-0.2, 0) is 28.5 Å². The average molecular weight is 393 g/mol. The number of methoxy groups -OCH3 is 1. The molecule has 4 rings (SSSR count). The van der Waals surface area contributed by atoms with Gasteiger partial charge < -0.3 is 18.8 Å². The van der Waals surface area contributed by atoms with Gasteiger partial charge in [0, 0.05) is 38.9 Å². The molecule has 1 fully saturated rings. The van der Waals surface area contributed by atoms with Crippen LogP contribution >= 0.6 is 0 Å². The monoisotopic (exact) mass is 393 g/mol. The Morgan fingerprint density at radius 1 is 1.07 bits per heavy atom. The Bertz CT molecular complexity index is 1040. The van der Waals surface area contributed by atoms with Crippen LogP contribution in [0.25, 0.3) is 10.9 Å². The Morgan fingerprint density at radius 3 is 2.69 bits per heavy atom. The highest BCUT2D eigenvalue weighted by Crippen LogP contribution is 2.36. The van der Waals surface area contributed by atoms with Gasteiger partial charge in [-0.3, -0.25) is 4.79 Å². The van der Waals surface area contributed by atoms with Crippen LogP contribution in [0.3, 0.4) is 0 Å². The third-order valence-electron chi connectivity index (χ3n) is 5.91. The summed E-state index contributed by atoms with van der Waals surface area (Å²) in [5, 5.41) is 1.03. The van der Waals surface area contributed by atoms with Crippen LogP contribution in [0.2, 0.25) is 0 Å². The van der Waals surface area contributed by atoms with Crippen molar-refractivity contribution in [1.29, 1.82) is 0 Å². The average Bonchev–Trinajstić information content (AvgIpc) is 2.76. The summed E-state index contributed by atoms with van der Waals surface area (Å²) in [6.07, 6.45) is 1.90. The van der Waals surface area contributed by atoms with E-state index in [1.54, 1.807) is 24.8 Å². The van der Waals surface area contributed by atoms with Gasteiger partial charge in [0.2, 0.25) is 0 Å². The molecule has 152 valence electrons. The summed E-state index contributed by atoms with van der Waals surface area (Å²) in [7, 11) is 3.55. The number of fused-ring (bicyclic) bond motifs is 1. The zero-order valence-corrected chi connectivity index (χ0v) is 17.0. The first kappa shape index (κ1) is 19.7. The second-order valence-electron chi connectivity index (χ2n) is 7.77. The molecule has 1 aromatic heterocycles. The number of benzene rings is 2. The van der Waals surface area contributed by atoms with Crippen LogP contribution in [0.15, 0.2) is 59.4 Å². The van der Waals surface area contributed by atoms with Crippen molar-refractivity contribution in [3.05, 3.63) is 76.1 Å². The fraction of sp³-hybridized carbons (Fsp3) is 0.375. The van der Waals surface area contributed by atoms with Gasteiger partial charge in [-0.05, 0) is 59.7 Å². The molecule has 0 bridgehead atoms. The maximum absolute atomic E-state index is 11.8. The topological polar surface area (TPSA) is 49.7 Å². The molecule has 0 radical (unpaired) electrons. The van der Waals surface area contributed by atoms with E-state index in [2.05, 4.69) is 18.2 Å². The molecule has 0 atom stereocenters. The van der Waals surface area contributed by atoms with Gasteiger partial charge in [0.05, 0.1) is 12.1 Å². The SMILES string of the molecule is COCC1(c2cccc(OCc3ccc4c(ccc(=O)n4C)c3)c2)CCOCC1. The zero-order chi connectivity index (χ0) is 20.3. The number of hydrogen-bond acceptors (Lipinski definition) is 4. The van der Waals surface area contributed by atoms with Crippen molar-refractivity contribution < 1.29 is 14.2 Å². The molecule has 0 spiro atoms. The normalized spacial score (nSPS) is 16.1. The smallest absolute Gasteiger partial charge is 0.250 e. The number of nitrogens with zero attached hydrogens (tertiary/aromatic N) is 1. The van der Waals surface area contributed by atoms with Gasteiger partial charge in [0.25, 0.3) is 5.56 Å². The summed E-state index contributed by atoms with van der Waals surface area (Å²) in [5.74, 6) is 0.852. The van der Waals surface area contributed by atoms with Crippen molar-refractivity contribution >= 4 is 10.9 Å². The predicted octanol–water partition coefficient (Wildman–Crippen LogP) is 3.81. The van der Waals surface area contributed by atoms with E-state index in [1.807, 2.05) is 30.3 Å². The van der Waals surface area contributed by atoms with E-state index in [4.69, 9.17) is 14.2 Å². The molecule has 2 heterocycles. The minimum absolute atomic E-state index is 0.00332. The van der Waals surface area contributed by atoms with Crippen LogP contribution in [0, 0.1) is 0 Å². The van der Waals surface area contributed by atoms with Crippen LogP contribution in [-0.4, -0.2) is 31.5 Å². The van der Waals surface area contributed by atoms with E-state index in [0.717, 1.165) is 48.3 Å². The van der Waals surface area contributed by atoms with E-state index in [1.165, 1.54) is 5.56 Å². The number of pyridine rings is 1. The van der Waals surface area contributed by atoms with Crippen molar-refractivity contribution in [2.75, 3.05) is 26.9 Å². The summed E-state index contributed by atoms with van der Waals surface area (Å²) in [6.45, 7) is 2.67. The van der Waals surface area contributed by atoms with Crippen LogP contribution in [0.4, 0.5) is 0 Å². The predicted molar refractivity (Wildman–Crippen MR) is 114 cm³/mol. The van der Waals surface area contributed by atoms with Gasteiger partial charge in [-0.2, -0.15) is 0 Å². The molecule has 5 nitrogen and oxygen atoms in total. The van der Waals surface area contributed by atoms with Crippen LogP contribution < -0.4 is 10.3 Å². The largest absolute Gasteiger partial charge is 0.489 e. The van der Waals surface area contributed by atoms with E-state index in [9.17, 15) is 4.79 Å². The Balaban J connectivity index is 1.53. The van der Waals surface area contributed by atoms with Crippen molar-refractivity contribution in [1.82, 2.24) is 4.57 Å². The van der Waals surface area contributed by atoms with Gasteiger partial charge in [0.15, 0.2) is 0 Å². The van der Waals surface area contributed by atoms with Gasteiger partial charge in [0.1, 0.15) is 12.4 Å². The number of aromatic nitrogens is 1. The van der Waals surface area contributed by atoms with Crippen molar-refractivity contribution in [3.63, 3.8) is 0 Å². The quantitative estimate of drug-likeness (QED) is 0.639. The maximum atomic E-state index is 11.8. The summed E-state index contributed by atoms with van der Waals surface area (Å²) < 4.78 is 18.9. The lowest BCUT2D eigenvalue weighted by molar-refractivity contribution is 0.0135. The highest BCUT2D eigenvalue weighted by molar-refractivity contribution is 5.79. The summed E-state index contributed by atoms with van der Waals surface area (Å²) >= 11 is 0. The first-order chi connectivity index (χ1) is 14.1. The lowest BCUT2D eigenvalue weighted by atomic mass is 9.75. The fourth-order valence-corrected chi connectivity index (χ4v) is 4.16. The molecular formula is C24H27NO4. The zero-order valence-electron chi connectivity index (χ0n) is 17.0. The first-order valence-electron chi connectivity index (χ1n) is 10.00. The number of rotatable bonds is 6. The van der Waals surface area contributed by atoms with Gasteiger partial charge in [-0.1, -0.05) is 18.2 Å². The number of hydrogen-bond donors (Lipinski definition) is 0. The van der Waals surface area contributed by atoms with E-state index in [-0.39, 0.29) is 11.0 Å². The molecule has 1 aliphatic rings. The third kappa shape index (κ3) is 4.07. The van der Waals surface area contributed by atoms with E-state index < -0.39 is 0 Å². The summed E-state index contributed by atoms with van der Waals surface area (Å²) in [4.78, 5) is 11.8. The molecule has 0 unspecified atom stereocenters. The third-order valence-corrected chi connectivity index (χ3v) is 5.91. The highest BCUT2D eigenvalue weighted by Gasteiger charge is 2.34. The minimum atomic E-state index is -0.0138. The van der Waals surface area contributed by atoms with Gasteiger partial charge in [-0.15, -0.1) is 0 Å². The molecule has 0 amide bonds. The Morgan fingerprint density at radius 2 is 1.90 bits per heavy atom. The van der Waals surface area contributed by atoms with E-state index >= 15 is 0 Å². The van der Waals surface area contributed by atoms with Gasteiger partial charge >= 0.3 is 0 Å². The molecular weight excluding hydrogens is 366 g/mol. The highest BCUT2D eigenvalue weighted by atomic mass is 16.5. The maximum Gasteiger partial charge on any atom is 0.250 e. The molecule has 0 aliphatic carbocycles. The van der Waals surface area contributed by atoms with Gasteiger partial charge in [-0.25, -0.2) is 0 Å². The second kappa shape index (κ2) is 8.39. The first-order valence-corrected chi connectivity index (χ1v) is 10.00. The summed E-state index contributed by atoms with van der Waals surface area (Å²) in [6, 6.07) is 17.9. The molecule has 3 aromatic rings. The fourth-order valence-electron chi connectivity index (χ4n) is 4.16. The van der Waals surface area contributed by atoms with Crippen LogP contribution in [0.5, 0.6) is 5.75 Å². The standard InChI is InChI=1S/C24H27NO4/c1-25-22-8-6-18(14-19(22)7-9-23(25)26)16-29-21-5-3-4-20(15-21)24(17-27-2)10-12-28-13-11-24/h3-9,14-15H,10-13,16-17H2,1-2H3. The van der Waals surface area contributed by atoms with Crippen LogP contribution in [0.1, 0.15) is 24.0 Å². The molecule has 5 heteroatoms. The minimum Gasteiger partial charge on any atom is -0.489 e. The Labute approximate surface area is 170 Å². The molecule has 1 saturated heterocycles. The Kier molecular flexibility index (Phi) is 5.69.